The van der Waals surface area contributed by atoms with Gasteiger partial charge in [0, 0.05) is 0 Å². The molecule has 0 unspecified atom stereocenters. The van der Waals surface area contributed by atoms with Crippen LogP contribution in [-0.2, 0) is 17.3 Å². The summed E-state index contributed by atoms with van der Waals surface area (Å²) in [6.45, 7) is 11.4. The van der Waals surface area contributed by atoms with Crippen molar-refractivity contribution in [2.45, 2.75) is 51.9 Å². The number of hydrogen-bond donors (Lipinski definition) is 0. The quantitative estimate of drug-likeness (QED) is 0.566. The van der Waals surface area contributed by atoms with Crippen molar-refractivity contribution >= 4 is 21.6 Å². The Kier molecular flexibility index (Phi) is 4.05. The Bertz CT molecular complexity index is 807. The molecule has 0 bridgehead atoms. The zero-order valence-corrected chi connectivity index (χ0v) is 15.5. The minimum absolute atomic E-state index is 0.113. The minimum atomic E-state index is 0.113. The van der Waals surface area contributed by atoms with Crippen LogP contribution in [0.25, 0.3) is 10.2 Å². The normalized spacial score (nSPS) is 12.7. The molecule has 23 heavy (non-hydrogen) atoms. The van der Waals surface area contributed by atoms with Gasteiger partial charge in [-0.1, -0.05) is 77.1 Å². The van der Waals surface area contributed by atoms with Crippen LogP contribution in [0.3, 0.4) is 0 Å². The summed E-state index contributed by atoms with van der Waals surface area (Å²) in [5, 5.41) is 0. The molecule has 1 aromatic heterocycles. The summed E-state index contributed by atoms with van der Waals surface area (Å²) >= 11 is 1.77. The summed E-state index contributed by atoms with van der Waals surface area (Å²) in [6.07, 6.45) is 1.03. The van der Waals surface area contributed by atoms with Crippen molar-refractivity contribution in [2.24, 2.45) is 0 Å². The molecule has 0 saturated carbocycles. The minimum Gasteiger partial charge on any atom is -0.244 e. The van der Waals surface area contributed by atoms with E-state index in [1.54, 1.807) is 11.3 Å². The van der Waals surface area contributed by atoms with Crippen molar-refractivity contribution in [1.82, 2.24) is 4.98 Å². The molecule has 1 heterocycles. The van der Waals surface area contributed by atoms with Crippen LogP contribution in [0.4, 0.5) is 0 Å². The maximum Gasteiger partial charge on any atom is 0.0852 e. The van der Waals surface area contributed by atoms with E-state index in [2.05, 4.69) is 82.1 Å². The van der Waals surface area contributed by atoms with Gasteiger partial charge in [0.15, 0.2) is 0 Å². The first-order valence-corrected chi connectivity index (χ1v) is 9.08. The van der Waals surface area contributed by atoms with Crippen LogP contribution in [0.2, 0.25) is 0 Å². The molecule has 1 nitrogen and oxygen atoms in total. The Morgan fingerprint density at radius 3 is 2.26 bits per heavy atom. The Balaban J connectivity index is 2.04. The lowest BCUT2D eigenvalue weighted by Crippen LogP contribution is -2.20. The third-order valence-electron chi connectivity index (χ3n) is 4.56. The number of fused-ring (bicyclic) bond motifs is 1. The van der Waals surface area contributed by atoms with E-state index < -0.39 is 0 Å². The molecule has 0 saturated heterocycles. The molecule has 0 aliphatic rings. The second-order valence-electron chi connectivity index (χ2n) is 7.98. The van der Waals surface area contributed by atoms with Crippen LogP contribution in [0, 0.1) is 0 Å². The number of nitrogens with zero attached hydrogens (tertiary/aromatic N) is 1. The molecule has 0 aliphatic carbocycles. The van der Waals surface area contributed by atoms with Gasteiger partial charge < -0.3 is 0 Å². The molecule has 0 aliphatic heterocycles. The van der Waals surface area contributed by atoms with Gasteiger partial charge in [-0.2, -0.15) is 0 Å². The molecule has 3 rings (SSSR count). The van der Waals surface area contributed by atoms with E-state index in [0.717, 1.165) is 6.42 Å². The molecular formula is C21H25NS. The van der Waals surface area contributed by atoms with E-state index >= 15 is 0 Å². The molecular weight excluding hydrogens is 298 g/mol. The molecule has 0 amide bonds. The third-order valence-corrected chi connectivity index (χ3v) is 5.46. The molecule has 0 radical (unpaired) electrons. The van der Waals surface area contributed by atoms with Gasteiger partial charge >= 0.3 is 0 Å². The van der Waals surface area contributed by atoms with Gasteiger partial charge in [0.05, 0.1) is 15.7 Å². The SMILES string of the molecule is CC(C)(C)c1ccc(CC(C)(C)c2ccccc2)c2scnc12. The third kappa shape index (κ3) is 3.18. The lowest BCUT2D eigenvalue weighted by Gasteiger charge is -2.27. The highest BCUT2D eigenvalue weighted by Crippen LogP contribution is 2.36. The van der Waals surface area contributed by atoms with E-state index in [-0.39, 0.29) is 10.8 Å². The summed E-state index contributed by atoms with van der Waals surface area (Å²) in [5.74, 6) is 0. The van der Waals surface area contributed by atoms with Crippen LogP contribution in [0.5, 0.6) is 0 Å². The maximum absolute atomic E-state index is 4.67. The summed E-state index contributed by atoms with van der Waals surface area (Å²) in [7, 11) is 0. The largest absolute Gasteiger partial charge is 0.244 e. The van der Waals surface area contributed by atoms with Crippen molar-refractivity contribution in [1.29, 1.82) is 0 Å². The fourth-order valence-electron chi connectivity index (χ4n) is 3.22. The molecule has 0 fully saturated rings. The first kappa shape index (κ1) is 16.2. The van der Waals surface area contributed by atoms with Gasteiger partial charge in [-0.25, -0.2) is 4.98 Å². The summed E-state index contributed by atoms with van der Waals surface area (Å²) < 4.78 is 1.35. The Labute approximate surface area is 143 Å². The number of benzene rings is 2. The monoisotopic (exact) mass is 323 g/mol. The average molecular weight is 324 g/mol. The molecule has 120 valence electrons. The van der Waals surface area contributed by atoms with Crippen molar-refractivity contribution in [2.75, 3.05) is 0 Å². The second kappa shape index (κ2) is 5.76. The van der Waals surface area contributed by atoms with Gasteiger partial charge in [-0.05, 0) is 33.9 Å². The fourth-order valence-corrected chi connectivity index (χ4v) is 4.05. The van der Waals surface area contributed by atoms with Crippen molar-refractivity contribution in [3.05, 3.63) is 64.7 Å². The Morgan fingerprint density at radius 1 is 0.913 bits per heavy atom. The van der Waals surface area contributed by atoms with Gasteiger partial charge in [0.1, 0.15) is 0 Å². The zero-order chi connectivity index (χ0) is 16.7. The van der Waals surface area contributed by atoms with Crippen molar-refractivity contribution in [3.8, 4) is 0 Å². The zero-order valence-electron chi connectivity index (χ0n) is 14.7. The number of aromatic nitrogens is 1. The molecule has 0 atom stereocenters. The standard InChI is InChI=1S/C21H25NS/c1-20(2,3)17-12-11-15(19-18(17)22-14-23-19)13-21(4,5)16-9-7-6-8-10-16/h6-12,14H,13H2,1-5H3. The van der Waals surface area contributed by atoms with E-state index in [4.69, 9.17) is 0 Å². The lowest BCUT2D eigenvalue weighted by atomic mass is 9.78. The first-order chi connectivity index (χ1) is 10.8. The fraction of sp³-hybridized carbons (Fsp3) is 0.381. The second-order valence-corrected chi connectivity index (χ2v) is 8.83. The number of hydrogen-bond acceptors (Lipinski definition) is 2. The van der Waals surface area contributed by atoms with Crippen molar-refractivity contribution in [3.63, 3.8) is 0 Å². The van der Waals surface area contributed by atoms with E-state index in [1.807, 2.05) is 5.51 Å². The predicted molar refractivity (Wildman–Crippen MR) is 101 cm³/mol. The van der Waals surface area contributed by atoms with Crippen LogP contribution in [0.15, 0.2) is 48.0 Å². The van der Waals surface area contributed by atoms with Crippen LogP contribution >= 0.6 is 11.3 Å². The summed E-state index contributed by atoms with van der Waals surface area (Å²) in [6, 6.07) is 15.4. The van der Waals surface area contributed by atoms with Gasteiger partial charge in [0.2, 0.25) is 0 Å². The number of thiazole rings is 1. The highest BCUT2D eigenvalue weighted by molar-refractivity contribution is 7.17. The average Bonchev–Trinajstić information content (AvgIpc) is 2.96. The van der Waals surface area contributed by atoms with Crippen molar-refractivity contribution < 1.29 is 0 Å². The predicted octanol–water partition coefficient (Wildman–Crippen LogP) is 6.11. The van der Waals surface area contributed by atoms with Gasteiger partial charge in [-0.3, -0.25) is 0 Å². The molecule has 2 heteroatoms. The highest BCUT2D eigenvalue weighted by Gasteiger charge is 2.25. The molecule has 3 aromatic rings. The maximum atomic E-state index is 4.67. The van der Waals surface area contributed by atoms with Crippen LogP contribution < -0.4 is 0 Å². The summed E-state index contributed by atoms with van der Waals surface area (Å²) in [5.41, 5.74) is 7.54. The highest BCUT2D eigenvalue weighted by atomic mass is 32.1. The molecule has 0 N–H and O–H groups in total. The van der Waals surface area contributed by atoms with E-state index in [9.17, 15) is 0 Å². The topological polar surface area (TPSA) is 12.9 Å². The van der Waals surface area contributed by atoms with E-state index in [0.29, 0.717) is 0 Å². The molecule has 2 aromatic carbocycles. The molecule has 0 spiro atoms. The summed E-state index contributed by atoms with van der Waals surface area (Å²) in [4.78, 5) is 4.67. The smallest absolute Gasteiger partial charge is 0.0852 e. The Hall–Kier alpha value is -1.67. The lowest BCUT2D eigenvalue weighted by molar-refractivity contribution is 0.524. The van der Waals surface area contributed by atoms with Gasteiger partial charge in [-0.15, -0.1) is 11.3 Å². The number of rotatable bonds is 3. The van der Waals surface area contributed by atoms with E-state index in [1.165, 1.54) is 26.9 Å². The Morgan fingerprint density at radius 2 is 1.61 bits per heavy atom. The first-order valence-electron chi connectivity index (χ1n) is 8.20. The van der Waals surface area contributed by atoms with Gasteiger partial charge in [0.25, 0.3) is 0 Å². The van der Waals surface area contributed by atoms with Crippen LogP contribution in [0.1, 0.15) is 51.3 Å². The van der Waals surface area contributed by atoms with Crippen LogP contribution in [-0.4, -0.2) is 4.98 Å².